The number of methoxy groups -OCH3 is 1. The Hall–Kier alpha value is -3.11. The topological polar surface area (TPSA) is 114 Å². The highest BCUT2D eigenvalue weighted by molar-refractivity contribution is 7.92. The lowest BCUT2D eigenvalue weighted by Gasteiger charge is -2.24. The molecule has 0 spiro atoms. The average Bonchev–Trinajstić information content (AvgIpc) is 3.29. The number of sulfonamides is 1. The van der Waals surface area contributed by atoms with Crippen molar-refractivity contribution in [1.82, 2.24) is 5.32 Å². The Labute approximate surface area is 194 Å². The van der Waals surface area contributed by atoms with Crippen LogP contribution in [0.25, 0.3) is 0 Å². The van der Waals surface area contributed by atoms with Gasteiger partial charge in [0, 0.05) is 13.2 Å². The first kappa shape index (κ1) is 24.5. The normalized spacial score (nSPS) is 15.7. The highest BCUT2D eigenvalue weighted by atomic mass is 32.2. The molecule has 0 radical (unpaired) electrons. The SMILES string of the molecule is COc1ccc(C)cc1N(CC(=O)Nc1ccccc1C(=O)NC[C@H]1CCCO1)S(C)(=O)=O. The van der Waals surface area contributed by atoms with Gasteiger partial charge >= 0.3 is 0 Å². The molecule has 1 atom stereocenters. The molecule has 0 aromatic heterocycles. The second kappa shape index (κ2) is 10.7. The number of amides is 2. The molecule has 0 unspecified atom stereocenters. The number of carbonyl (C=O) groups excluding carboxylic acids is 2. The largest absolute Gasteiger partial charge is 0.495 e. The summed E-state index contributed by atoms with van der Waals surface area (Å²) < 4.78 is 36.8. The Balaban J connectivity index is 1.76. The standard InChI is InChI=1S/C23H29N3O6S/c1-16-10-11-21(31-2)20(13-16)26(33(3,29)30)15-22(27)25-19-9-5-4-8-18(19)23(28)24-14-17-7-6-12-32-17/h4-5,8-11,13,17H,6-7,12,14-15H2,1-3H3,(H,24,28)(H,25,27)/t17-/m1/s1. The lowest BCUT2D eigenvalue weighted by molar-refractivity contribution is -0.114. The third kappa shape index (κ3) is 6.45. The van der Waals surface area contributed by atoms with Crippen molar-refractivity contribution in [3.63, 3.8) is 0 Å². The number of para-hydroxylation sites is 1. The zero-order valence-corrected chi connectivity index (χ0v) is 19.8. The van der Waals surface area contributed by atoms with Gasteiger partial charge in [0.2, 0.25) is 15.9 Å². The summed E-state index contributed by atoms with van der Waals surface area (Å²) in [6.07, 6.45) is 2.87. The van der Waals surface area contributed by atoms with E-state index in [0.717, 1.165) is 29.0 Å². The number of nitrogens with zero attached hydrogens (tertiary/aromatic N) is 1. The molecule has 9 nitrogen and oxygen atoms in total. The van der Waals surface area contributed by atoms with E-state index in [1.54, 1.807) is 42.5 Å². The van der Waals surface area contributed by atoms with E-state index in [9.17, 15) is 18.0 Å². The van der Waals surface area contributed by atoms with Crippen LogP contribution in [0.1, 0.15) is 28.8 Å². The van der Waals surface area contributed by atoms with Gasteiger partial charge in [-0.3, -0.25) is 13.9 Å². The molecular formula is C23H29N3O6S. The summed E-state index contributed by atoms with van der Waals surface area (Å²) in [6.45, 7) is 2.41. The summed E-state index contributed by atoms with van der Waals surface area (Å²) >= 11 is 0. The first-order valence-corrected chi connectivity index (χ1v) is 12.4. The van der Waals surface area contributed by atoms with Crippen LogP contribution in [-0.4, -0.2) is 59.4 Å². The van der Waals surface area contributed by atoms with E-state index in [-0.39, 0.29) is 28.9 Å². The maximum atomic E-state index is 12.9. The molecule has 1 fully saturated rings. The Morgan fingerprint density at radius 1 is 1.21 bits per heavy atom. The summed E-state index contributed by atoms with van der Waals surface area (Å²) in [5.41, 5.74) is 1.64. The first-order chi connectivity index (χ1) is 15.7. The highest BCUT2D eigenvalue weighted by Gasteiger charge is 2.25. The molecule has 10 heteroatoms. The van der Waals surface area contributed by atoms with Crippen LogP contribution >= 0.6 is 0 Å². The van der Waals surface area contributed by atoms with Crippen LogP contribution < -0.4 is 19.7 Å². The second-order valence-electron chi connectivity index (χ2n) is 7.88. The monoisotopic (exact) mass is 475 g/mol. The molecule has 0 aliphatic carbocycles. The number of anilines is 2. The average molecular weight is 476 g/mol. The first-order valence-electron chi connectivity index (χ1n) is 10.6. The van der Waals surface area contributed by atoms with E-state index in [4.69, 9.17) is 9.47 Å². The number of hydrogen-bond donors (Lipinski definition) is 2. The van der Waals surface area contributed by atoms with Gasteiger partial charge in [0.25, 0.3) is 5.91 Å². The third-order valence-electron chi connectivity index (χ3n) is 5.25. The number of rotatable bonds is 9. The molecule has 2 amide bonds. The Bertz CT molecular complexity index is 1110. The number of aryl methyl sites for hydroxylation is 1. The van der Waals surface area contributed by atoms with Gasteiger partial charge in [-0.25, -0.2) is 8.42 Å². The minimum absolute atomic E-state index is 0.0108. The van der Waals surface area contributed by atoms with E-state index in [2.05, 4.69) is 10.6 Å². The number of nitrogens with one attached hydrogen (secondary N) is 2. The van der Waals surface area contributed by atoms with Crippen molar-refractivity contribution in [3.8, 4) is 5.75 Å². The lowest BCUT2D eigenvalue weighted by atomic mass is 10.1. The van der Waals surface area contributed by atoms with Crippen molar-refractivity contribution >= 4 is 33.2 Å². The predicted molar refractivity (Wildman–Crippen MR) is 126 cm³/mol. The zero-order chi connectivity index (χ0) is 24.0. The van der Waals surface area contributed by atoms with E-state index in [1.807, 2.05) is 6.92 Å². The van der Waals surface area contributed by atoms with E-state index >= 15 is 0 Å². The molecule has 1 aliphatic rings. The molecule has 2 aromatic carbocycles. The fourth-order valence-electron chi connectivity index (χ4n) is 3.59. The van der Waals surface area contributed by atoms with Gasteiger partial charge in [0.15, 0.2) is 0 Å². The fourth-order valence-corrected chi connectivity index (χ4v) is 4.45. The van der Waals surface area contributed by atoms with Crippen LogP contribution in [-0.2, 0) is 19.6 Å². The van der Waals surface area contributed by atoms with Crippen molar-refractivity contribution in [1.29, 1.82) is 0 Å². The maximum absolute atomic E-state index is 12.9. The molecule has 178 valence electrons. The predicted octanol–water partition coefficient (Wildman–Crippen LogP) is 2.32. The Kier molecular flexibility index (Phi) is 7.93. The fraction of sp³-hybridized carbons (Fsp3) is 0.391. The molecule has 1 saturated heterocycles. The van der Waals surface area contributed by atoms with Gasteiger partial charge in [0.1, 0.15) is 12.3 Å². The van der Waals surface area contributed by atoms with Crippen molar-refractivity contribution in [2.45, 2.75) is 25.9 Å². The van der Waals surface area contributed by atoms with Crippen molar-refractivity contribution in [2.75, 3.05) is 42.7 Å². The number of ether oxygens (including phenoxy) is 2. The molecular weight excluding hydrogens is 446 g/mol. The van der Waals surface area contributed by atoms with Crippen LogP contribution in [0.4, 0.5) is 11.4 Å². The zero-order valence-electron chi connectivity index (χ0n) is 19.0. The maximum Gasteiger partial charge on any atom is 0.253 e. The minimum Gasteiger partial charge on any atom is -0.495 e. The smallest absolute Gasteiger partial charge is 0.253 e. The summed E-state index contributed by atoms with van der Waals surface area (Å²) in [5.74, 6) is -0.613. The van der Waals surface area contributed by atoms with Crippen LogP contribution in [0.5, 0.6) is 5.75 Å². The molecule has 0 bridgehead atoms. The van der Waals surface area contributed by atoms with E-state index in [0.29, 0.717) is 18.9 Å². The third-order valence-corrected chi connectivity index (χ3v) is 6.38. The van der Waals surface area contributed by atoms with Gasteiger partial charge in [-0.1, -0.05) is 18.2 Å². The summed E-state index contributed by atoms with van der Waals surface area (Å²) in [5, 5.41) is 5.49. The molecule has 2 aromatic rings. The quantitative estimate of drug-likeness (QED) is 0.575. The van der Waals surface area contributed by atoms with Gasteiger partial charge in [0.05, 0.1) is 36.4 Å². The van der Waals surface area contributed by atoms with Gasteiger partial charge < -0.3 is 20.1 Å². The lowest BCUT2D eigenvalue weighted by Crippen LogP contribution is -2.38. The number of benzene rings is 2. The Morgan fingerprint density at radius 3 is 2.64 bits per heavy atom. The molecule has 1 heterocycles. The number of carbonyl (C=O) groups is 2. The molecule has 33 heavy (non-hydrogen) atoms. The Morgan fingerprint density at radius 2 is 1.97 bits per heavy atom. The summed E-state index contributed by atoms with van der Waals surface area (Å²) in [6, 6.07) is 11.6. The van der Waals surface area contributed by atoms with Crippen LogP contribution in [0, 0.1) is 6.92 Å². The second-order valence-corrected chi connectivity index (χ2v) is 9.79. The summed E-state index contributed by atoms with van der Waals surface area (Å²) in [7, 11) is -2.37. The molecule has 0 saturated carbocycles. The molecule has 1 aliphatic heterocycles. The van der Waals surface area contributed by atoms with Crippen LogP contribution in [0.2, 0.25) is 0 Å². The summed E-state index contributed by atoms with van der Waals surface area (Å²) in [4.78, 5) is 25.5. The minimum atomic E-state index is -3.80. The molecule has 3 rings (SSSR count). The van der Waals surface area contributed by atoms with Gasteiger partial charge in [-0.05, 0) is 49.6 Å². The van der Waals surface area contributed by atoms with Crippen molar-refractivity contribution in [3.05, 3.63) is 53.6 Å². The van der Waals surface area contributed by atoms with E-state index in [1.165, 1.54) is 7.11 Å². The number of hydrogen-bond acceptors (Lipinski definition) is 6. The van der Waals surface area contributed by atoms with E-state index < -0.39 is 22.5 Å². The highest BCUT2D eigenvalue weighted by Crippen LogP contribution is 2.31. The van der Waals surface area contributed by atoms with Crippen molar-refractivity contribution in [2.24, 2.45) is 0 Å². The van der Waals surface area contributed by atoms with Crippen molar-refractivity contribution < 1.29 is 27.5 Å². The van der Waals surface area contributed by atoms with Gasteiger partial charge in [-0.15, -0.1) is 0 Å². The molecule has 2 N–H and O–H groups in total. The van der Waals surface area contributed by atoms with Gasteiger partial charge in [-0.2, -0.15) is 0 Å². The van der Waals surface area contributed by atoms with Crippen LogP contribution in [0.15, 0.2) is 42.5 Å². The van der Waals surface area contributed by atoms with Crippen LogP contribution in [0.3, 0.4) is 0 Å².